The average Bonchev–Trinajstić information content (AvgIpc) is 3.24. The summed E-state index contributed by atoms with van der Waals surface area (Å²) in [4.78, 5) is 6.00. The van der Waals surface area contributed by atoms with Crippen molar-refractivity contribution in [3.05, 3.63) is 71.6 Å². The highest BCUT2D eigenvalue weighted by Crippen LogP contribution is 2.28. The molecule has 4 aromatic rings. The SMILES string of the molecule is Cc1ccccc1OCCn1c(-c2cccs2)nc2ccccc21. The van der Waals surface area contributed by atoms with Crippen molar-refractivity contribution in [1.29, 1.82) is 0 Å². The largest absolute Gasteiger partial charge is 0.491 e. The van der Waals surface area contributed by atoms with Crippen LogP contribution in [0.25, 0.3) is 21.7 Å². The van der Waals surface area contributed by atoms with E-state index in [4.69, 9.17) is 9.72 Å². The number of aromatic nitrogens is 2. The van der Waals surface area contributed by atoms with Gasteiger partial charge >= 0.3 is 0 Å². The molecule has 0 aliphatic rings. The third-order valence-electron chi connectivity index (χ3n) is 4.06. The number of nitrogens with zero attached hydrogens (tertiary/aromatic N) is 2. The number of rotatable bonds is 5. The summed E-state index contributed by atoms with van der Waals surface area (Å²) in [7, 11) is 0. The lowest BCUT2D eigenvalue weighted by Crippen LogP contribution is -2.09. The summed E-state index contributed by atoms with van der Waals surface area (Å²) in [6.45, 7) is 3.45. The fourth-order valence-corrected chi connectivity index (χ4v) is 3.58. The lowest BCUT2D eigenvalue weighted by molar-refractivity contribution is 0.299. The van der Waals surface area contributed by atoms with Crippen molar-refractivity contribution in [3.63, 3.8) is 0 Å². The van der Waals surface area contributed by atoms with E-state index in [1.54, 1.807) is 11.3 Å². The van der Waals surface area contributed by atoms with E-state index in [1.165, 1.54) is 4.88 Å². The van der Waals surface area contributed by atoms with Crippen molar-refractivity contribution in [2.75, 3.05) is 6.61 Å². The fraction of sp³-hybridized carbons (Fsp3) is 0.150. The summed E-state index contributed by atoms with van der Waals surface area (Å²) in [5.41, 5.74) is 3.33. The predicted molar refractivity (Wildman–Crippen MR) is 99.7 cm³/mol. The van der Waals surface area contributed by atoms with Crippen LogP contribution in [-0.4, -0.2) is 16.2 Å². The summed E-state index contributed by atoms with van der Waals surface area (Å²) < 4.78 is 8.24. The Bertz CT molecular complexity index is 957. The zero-order valence-electron chi connectivity index (χ0n) is 13.5. The normalized spacial score (nSPS) is 11.0. The lowest BCUT2D eigenvalue weighted by Gasteiger charge is -2.11. The van der Waals surface area contributed by atoms with Gasteiger partial charge in [0, 0.05) is 0 Å². The molecule has 2 heterocycles. The highest BCUT2D eigenvalue weighted by molar-refractivity contribution is 7.13. The van der Waals surface area contributed by atoms with Gasteiger partial charge in [0.15, 0.2) is 5.82 Å². The van der Waals surface area contributed by atoms with E-state index in [-0.39, 0.29) is 0 Å². The van der Waals surface area contributed by atoms with Gasteiger partial charge in [0.05, 0.1) is 22.5 Å². The van der Waals surface area contributed by atoms with Gasteiger partial charge in [-0.05, 0) is 42.1 Å². The first-order valence-electron chi connectivity index (χ1n) is 8.00. The van der Waals surface area contributed by atoms with Crippen molar-refractivity contribution in [3.8, 4) is 16.5 Å². The molecule has 0 fully saturated rings. The molecule has 2 aromatic carbocycles. The van der Waals surface area contributed by atoms with Gasteiger partial charge < -0.3 is 9.30 Å². The van der Waals surface area contributed by atoms with E-state index in [2.05, 4.69) is 53.3 Å². The van der Waals surface area contributed by atoms with Crippen molar-refractivity contribution in [2.24, 2.45) is 0 Å². The van der Waals surface area contributed by atoms with E-state index >= 15 is 0 Å². The van der Waals surface area contributed by atoms with Crippen LogP contribution in [-0.2, 0) is 6.54 Å². The van der Waals surface area contributed by atoms with E-state index in [9.17, 15) is 0 Å². The van der Waals surface area contributed by atoms with Gasteiger partial charge in [-0.15, -0.1) is 11.3 Å². The number of benzene rings is 2. The average molecular weight is 334 g/mol. The van der Waals surface area contributed by atoms with Crippen LogP contribution < -0.4 is 4.74 Å². The van der Waals surface area contributed by atoms with Crippen LogP contribution in [0.1, 0.15) is 5.56 Å². The van der Waals surface area contributed by atoms with Crippen molar-refractivity contribution in [1.82, 2.24) is 9.55 Å². The van der Waals surface area contributed by atoms with Crippen molar-refractivity contribution in [2.45, 2.75) is 13.5 Å². The van der Waals surface area contributed by atoms with Crippen molar-refractivity contribution >= 4 is 22.4 Å². The van der Waals surface area contributed by atoms with E-state index in [0.717, 1.165) is 34.7 Å². The van der Waals surface area contributed by atoms with E-state index < -0.39 is 0 Å². The number of fused-ring (bicyclic) bond motifs is 1. The maximum absolute atomic E-state index is 5.99. The second-order valence-corrected chi connectivity index (χ2v) is 6.61. The van der Waals surface area contributed by atoms with E-state index in [0.29, 0.717) is 6.61 Å². The Balaban J connectivity index is 1.63. The molecule has 0 amide bonds. The summed E-state index contributed by atoms with van der Waals surface area (Å²) >= 11 is 1.71. The van der Waals surface area contributed by atoms with Crippen LogP contribution in [0.3, 0.4) is 0 Å². The molecular formula is C20H18N2OS. The van der Waals surface area contributed by atoms with Crippen LogP contribution in [0, 0.1) is 6.92 Å². The summed E-state index contributed by atoms with van der Waals surface area (Å²) in [5.74, 6) is 1.96. The Labute approximate surface area is 145 Å². The molecule has 24 heavy (non-hydrogen) atoms. The van der Waals surface area contributed by atoms with Crippen LogP contribution >= 0.6 is 11.3 Å². The minimum Gasteiger partial charge on any atom is -0.491 e. The minimum absolute atomic E-state index is 0.615. The van der Waals surface area contributed by atoms with Gasteiger partial charge in [0.25, 0.3) is 0 Å². The molecule has 0 bridgehead atoms. The van der Waals surface area contributed by atoms with Gasteiger partial charge in [-0.3, -0.25) is 0 Å². The molecular weight excluding hydrogens is 316 g/mol. The molecule has 0 aliphatic heterocycles. The first-order chi connectivity index (χ1) is 11.8. The molecule has 2 aromatic heterocycles. The maximum Gasteiger partial charge on any atom is 0.151 e. The van der Waals surface area contributed by atoms with Gasteiger partial charge in [0.2, 0.25) is 0 Å². The van der Waals surface area contributed by atoms with Gasteiger partial charge in [-0.2, -0.15) is 0 Å². The molecule has 120 valence electrons. The standard InChI is InChI=1S/C20H18N2OS/c1-15-7-2-5-10-18(15)23-13-12-22-17-9-4-3-8-16(17)21-20(22)19-11-6-14-24-19/h2-11,14H,12-13H2,1H3. The highest BCUT2D eigenvalue weighted by Gasteiger charge is 2.13. The number of imidazole rings is 1. The maximum atomic E-state index is 5.99. The quantitative estimate of drug-likeness (QED) is 0.504. The van der Waals surface area contributed by atoms with E-state index in [1.807, 2.05) is 24.3 Å². The lowest BCUT2D eigenvalue weighted by atomic mass is 10.2. The first kappa shape index (κ1) is 15.0. The molecule has 0 radical (unpaired) electrons. The first-order valence-corrected chi connectivity index (χ1v) is 8.88. The molecule has 0 unspecified atom stereocenters. The second kappa shape index (κ2) is 6.49. The zero-order valence-corrected chi connectivity index (χ0v) is 14.3. The monoisotopic (exact) mass is 334 g/mol. The Kier molecular flexibility index (Phi) is 4.05. The number of ether oxygens (including phenoxy) is 1. The summed E-state index contributed by atoms with van der Waals surface area (Å²) in [6.07, 6.45) is 0. The van der Waals surface area contributed by atoms with Gasteiger partial charge in [-0.1, -0.05) is 36.4 Å². The molecule has 0 aliphatic carbocycles. The predicted octanol–water partition coefficient (Wildman–Crippen LogP) is 5.15. The number of hydrogen-bond acceptors (Lipinski definition) is 3. The number of aryl methyl sites for hydroxylation is 1. The zero-order chi connectivity index (χ0) is 16.4. The smallest absolute Gasteiger partial charge is 0.151 e. The number of para-hydroxylation sites is 3. The Morgan fingerprint density at radius 1 is 1.00 bits per heavy atom. The molecule has 0 spiro atoms. The highest BCUT2D eigenvalue weighted by atomic mass is 32.1. The Morgan fingerprint density at radius 2 is 1.83 bits per heavy atom. The van der Waals surface area contributed by atoms with Crippen LogP contribution in [0.4, 0.5) is 0 Å². The second-order valence-electron chi connectivity index (χ2n) is 5.67. The Hall–Kier alpha value is -2.59. The summed E-state index contributed by atoms with van der Waals surface area (Å²) in [6, 6.07) is 20.6. The molecule has 4 rings (SSSR count). The molecule has 3 nitrogen and oxygen atoms in total. The van der Waals surface area contributed by atoms with Gasteiger partial charge in [0.1, 0.15) is 12.4 Å². The van der Waals surface area contributed by atoms with Crippen LogP contribution in [0.5, 0.6) is 5.75 Å². The fourth-order valence-electron chi connectivity index (χ4n) is 2.86. The van der Waals surface area contributed by atoms with Crippen LogP contribution in [0.2, 0.25) is 0 Å². The number of thiophene rings is 1. The number of hydrogen-bond donors (Lipinski definition) is 0. The van der Waals surface area contributed by atoms with Crippen molar-refractivity contribution < 1.29 is 4.74 Å². The minimum atomic E-state index is 0.615. The molecule has 0 saturated carbocycles. The third kappa shape index (κ3) is 2.81. The molecule has 4 heteroatoms. The molecule has 0 saturated heterocycles. The Morgan fingerprint density at radius 3 is 2.67 bits per heavy atom. The third-order valence-corrected chi connectivity index (χ3v) is 4.93. The molecule has 0 N–H and O–H groups in total. The summed E-state index contributed by atoms with van der Waals surface area (Å²) in [5, 5.41) is 2.09. The van der Waals surface area contributed by atoms with Gasteiger partial charge in [-0.25, -0.2) is 4.98 Å². The topological polar surface area (TPSA) is 27.1 Å². The van der Waals surface area contributed by atoms with Crippen LogP contribution in [0.15, 0.2) is 66.0 Å². The molecule has 0 atom stereocenters.